The molecule has 0 bridgehead atoms. The zero-order valence-corrected chi connectivity index (χ0v) is 8.95. The highest BCUT2D eigenvalue weighted by Gasteiger charge is 2.34. The van der Waals surface area contributed by atoms with Gasteiger partial charge in [-0.05, 0) is 5.56 Å². The van der Waals surface area contributed by atoms with E-state index in [1.165, 1.54) is 0 Å². The van der Waals surface area contributed by atoms with Crippen LogP contribution in [0.15, 0.2) is 30.3 Å². The van der Waals surface area contributed by atoms with E-state index in [1.54, 1.807) is 0 Å². The van der Waals surface area contributed by atoms with E-state index < -0.39 is 12.4 Å². The van der Waals surface area contributed by atoms with E-state index >= 15 is 0 Å². The van der Waals surface area contributed by atoms with Crippen LogP contribution in [0.3, 0.4) is 0 Å². The van der Waals surface area contributed by atoms with Gasteiger partial charge in [-0.2, -0.15) is 0 Å². The van der Waals surface area contributed by atoms with Gasteiger partial charge in [-0.1, -0.05) is 30.3 Å². The van der Waals surface area contributed by atoms with Gasteiger partial charge in [-0.3, -0.25) is 0 Å². The molecule has 1 heterocycles. The second kappa shape index (κ2) is 5.41. The molecule has 88 valence electrons. The summed E-state index contributed by atoms with van der Waals surface area (Å²) in [5.41, 5.74) is 1.07. The molecule has 1 aliphatic heterocycles. The molecule has 3 atom stereocenters. The summed E-state index contributed by atoms with van der Waals surface area (Å²) < 4.78 is 10.7. The number of benzene rings is 1. The van der Waals surface area contributed by atoms with Gasteiger partial charge in [0.25, 0.3) is 0 Å². The molecule has 0 radical (unpaired) electrons. The van der Waals surface area contributed by atoms with Crippen molar-refractivity contribution in [3.8, 4) is 0 Å². The molecule has 4 heteroatoms. The Morgan fingerprint density at radius 2 is 2.06 bits per heavy atom. The molecule has 2 N–H and O–H groups in total. The van der Waals surface area contributed by atoms with Crippen molar-refractivity contribution in [2.45, 2.75) is 31.5 Å². The molecule has 1 aromatic carbocycles. The fraction of sp³-hybridized carbons (Fsp3) is 0.500. The summed E-state index contributed by atoms with van der Waals surface area (Å²) in [5, 5.41) is 18.3. The minimum atomic E-state index is -0.821. The SMILES string of the molecule is OC[C@@H]1OC(O)C[C@@H]1OCc1ccccc1. The van der Waals surface area contributed by atoms with Gasteiger partial charge in [0.15, 0.2) is 6.29 Å². The number of hydrogen-bond donors (Lipinski definition) is 2. The summed E-state index contributed by atoms with van der Waals surface area (Å²) in [6.45, 7) is 0.342. The van der Waals surface area contributed by atoms with Gasteiger partial charge in [0.05, 0.1) is 19.3 Å². The predicted molar refractivity (Wildman–Crippen MR) is 57.6 cm³/mol. The van der Waals surface area contributed by atoms with Gasteiger partial charge < -0.3 is 19.7 Å². The molecule has 16 heavy (non-hydrogen) atoms. The molecule has 1 unspecified atom stereocenters. The fourth-order valence-corrected chi connectivity index (χ4v) is 1.81. The number of rotatable bonds is 4. The fourth-order valence-electron chi connectivity index (χ4n) is 1.81. The Morgan fingerprint density at radius 1 is 1.31 bits per heavy atom. The van der Waals surface area contributed by atoms with Crippen LogP contribution in [-0.2, 0) is 16.1 Å². The largest absolute Gasteiger partial charge is 0.394 e. The van der Waals surface area contributed by atoms with Crippen molar-refractivity contribution in [3.05, 3.63) is 35.9 Å². The van der Waals surface area contributed by atoms with Gasteiger partial charge in [0.2, 0.25) is 0 Å². The minimum absolute atomic E-state index is 0.128. The number of hydrogen-bond acceptors (Lipinski definition) is 4. The Hall–Kier alpha value is -0.940. The second-order valence-corrected chi connectivity index (χ2v) is 3.88. The number of aliphatic hydroxyl groups is 2. The Labute approximate surface area is 94.4 Å². The maximum Gasteiger partial charge on any atom is 0.157 e. The van der Waals surface area contributed by atoms with Crippen LogP contribution < -0.4 is 0 Å². The van der Waals surface area contributed by atoms with Crippen LogP contribution in [0.5, 0.6) is 0 Å². The highest BCUT2D eigenvalue weighted by atomic mass is 16.6. The smallest absolute Gasteiger partial charge is 0.157 e. The predicted octanol–water partition coefficient (Wildman–Crippen LogP) is 0.671. The second-order valence-electron chi connectivity index (χ2n) is 3.88. The van der Waals surface area contributed by atoms with Crippen LogP contribution in [0.25, 0.3) is 0 Å². The lowest BCUT2D eigenvalue weighted by Gasteiger charge is -2.16. The first-order valence-electron chi connectivity index (χ1n) is 5.39. The van der Waals surface area contributed by atoms with E-state index in [1.807, 2.05) is 30.3 Å². The molecule has 0 spiro atoms. The standard InChI is InChI=1S/C12H16O4/c13-7-11-10(6-12(14)16-11)15-8-9-4-2-1-3-5-9/h1-5,10-14H,6-8H2/t10-,11-,12?/m0/s1. The Bertz CT molecular complexity index is 314. The van der Waals surface area contributed by atoms with Gasteiger partial charge in [0, 0.05) is 6.42 Å². The van der Waals surface area contributed by atoms with Gasteiger partial charge in [-0.25, -0.2) is 0 Å². The van der Waals surface area contributed by atoms with Gasteiger partial charge >= 0.3 is 0 Å². The van der Waals surface area contributed by atoms with Crippen molar-refractivity contribution < 1.29 is 19.7 Å². The maximum atomic E-state index is 9.28. The first kappa shape index (κ1) is 11.5. The zero-order chi connectivity index (χ0) is 11.4. The van der Waals surface area contributed by atoms with E-state index in [-0.39, 0.29) is 12.7 Å². The van der Waals surface area contributed by atoms with Crippen LogP contribution in [0.1, 0.15) is 12.0 Å². The summed E-state index contributed by atoms with van der Waals surface area (Å²) in [7, 11) is 0. The molecule has 1 saturated heterocycles. The lowest BCUT2D eigenvalue weighted by molar-refractivity contribution is -0.112. The molecule has 4 nitrogen and oxygen atoms in total. The Balaban J connectivity index is 1.86. The van der Waals surface area contributed by atoms with Crippen molar-refractivity contribution in [3.63, 3.8) is 0 Å². The van der Waals surface area contributed by atoms with E-state index in [0.717, 1.165) is 5.56 Å². The number of ether oxygens (including phenoxy) is 2. The van der Waals surface area contributed by atoms with Crippen LogP contribution in [0.2, 0.25) is 0 Å². The average molecular weight is 224 g/mol. The molecule has 1 aromatic rings. The summed E-state index contributed by atoms with van der Waals surface area (Å²) in [4.78, 5) is 0. The van der Waals surface area contributed by atoms with Crippen LogP contribution in [0.4, 0.5) is 0 Å². The van der Waals surface area contributed by atoms with E-state index in [4.69, 9.17) is 14.6 Å². The molecule has 1 fully saturated rings. The van der Waals surface area contributed by atoms with Crippen molar-refractivity contribution >= 4 is 0 Å². The molecule has 0 amide bonds. The minimum Gasteiger partial charge on any atom is -0.394 e. The zero-order valence-electron chi connectivity index (χ0n) is 8.95. The third kappa shape index (κ3) is 2.80. The monoisotopic (exact) mass is 224 g/mol. The topological polar surface area (TPSA) is 58.9 Å². The normalized spacial score (nSPS) is 29.5. The van der Waals surface area contributed by atoms with Crippen LogP contribution >= 0.6 is 0 Å². The lowest BCUT2D eigenvalue weighted by Crippen LogP contribution is -2.27. The highest BCUT2D eigenvalue weighted by Crippen LogP contribution is 2.22. The third-order valence-electron chi connectivity index (χ3n) is 2.67. The summed E-state index contributed by atoms with van der Waals surface area (Å²) >= 11 is 0. The highest BCUT2D eigenvalue weighted by molar-refractivity contribution is 5.13. The first-order valence-corrected chi connectivity index (χ1v) is 5.39. The number of aliphatic hydroxyl groups excluding tert-OH is 2. The summed E-state index contributed by atoms with van der Waals surface area (Å²) in [6.07, 6.45) is -1.06. The Morgan fingerprint density at radius 3 is 2.75 bits per heavy atom. The average Bonchev–Trinajstić information content (AvgIpc) is 2.68. The molecular weight excluding hydrogens is 208 g/mol. The third-order valence-corrected chi connectivity index (χ3v) is 2.67. The van der Waals surface area contributed by atoms with Gasteiger partial charge in [0.1, 0.15) is 6.10 Å². The van der Waals surface area contributed by atoms with Crippen molar-refractivity contribution in [2.75, 3.05) is 6.61 Å². The Kier molecular flexibility index (Phi) is 3.90. The lowest BCUT2D eigenvalue weighted by atomic mass is 10.2. The van der Waals surface area contributed by atoms with E-state index in [9.17, 15) is 5.11 Å². The molecule has 0 aromatic heterocycles. The molecule has 1 aliphatic rings. The molecule has 0 saturated carbocycles. The quantitative estimate of drug-likeness (QED) is 0.789. The molecule has 0 aliphatic carbocycles. The maximum absolute atomic E-state index is 9.28. The first-order chi connectivity index (χ1) is 7.79. The van der Waals surface area contributed by atoms with Crippen molar-refractivity contribution in [1.82, 2.24) is 0 Å². The van der Waals surface area contributed by atoms with Crippen molar-refractivity contribution in [2.24, 2.45) is 0 Å². The van der Waals surface area contributed by atoms with E-state index in [0.29, 0.717) is 13.0 Å². The van der Waals surface area contributed by atoms with Gasteiger partial charge in [-0.15, -0.1) is 0 Å². The summed E-state index contributed by atoms with van der Waals surface area (Å²) in [5.74, 6) is 0. The van der Waals surface area contributed by atoms with Crippen LogP contribution in [0, 0.1) is 0 Å². The molecule has 2 rings (SSSR count). The van der Waals surface area contributed by atoms with E-state index in [2.05, 4.69) is 0 Å². The van der Waals surface area contributed by atoms with Crippen molar-refractivity contribution in [1.29, 1.82) is 0 Å². The van der Waals surface area contributed by atoms with Crippen LogP contribution in [-0.4, -0.2) is 35.3 Å². The molecular formula is C12H16O4. The summed E-state index contributed by atoms with van der Waals surface area (Å²) in [6, 6.07) is 9.78.